The van der Waals surface area contributed by atoms with Crippen LogP contribution in [0.5, 0.6) is 5.75 Å². The number of hydrogen-bond acceptors (Lipinski definition) is 6. The van der Waals surface area contributed by atoms with Crippen LogP contribution in [0.15, 0.2) is 58.5 Å². The molecule has 2 aromatic rings. The normalized spacial score (nSPS) is 16.5. The zero-order valence-corrected chi connectivity index (χ0v) is 14.1. The van der Waals surface area contributed by atoms with Gasteiger partial charge in [-0.15, -0.1) is 0 Å². The van der Waals surface area contributed by atoms with Crippen molar-refractivity contribution in [2.45, 2.75) is 12.8 Å². The number of nitrogens with zero attached hydrogens (tertiary/aromatic N) is 3. The van der Waals surface area contributed by atoms with E-state index >= 15 is 0 Å². The van der Waals surface area contributed by atoms with Gasteiger partial charge < -0.3 is 15.4 Å². The van der Waals surface area contributed by atoms with Crippen molar-refractivity contribution in [3.05, 3.63) is 65.5 Å². The Morgan fingerprint density at radius 3 is 2.40 bits per heavy atom. The van der Waals surface area contributed by atoms with Crippen LogP contribution in [0.3, 0.4) is 0 Å². The number of aliphatic imine (C=N–C) groups is 2. The number of nitrogens with two attached hydrogens (primary N) is 1. The molecular weight excluding hydrogens is 321 g/mol. The minimum absolute atomic E-state index is 0.257. The van der Waals surface area contributed by atoms with Gasteiger partial charge in [-0.25, -0.2) is 14.4 Å². The zero-order valence-electron chi connectivity index (χ0n) is 14.1. The summed E-state index contributed by atoms with van der Waals surface area (Å²) in [6.07, 6.45) is -0.384. The molecule has 0 aliphatic carbocycles. The Kier molecular flexibility index (Phi) is 4.83. The summed E-state index contributed by atoms with van der Waals surface area (Å²) in [5.74, 6) is 1.46. The molecule has 6 nitrogen and oxygen atoms in total. The third-order valence-corrected chi connectivity index (χ3v) is 3.67. The molecule has 0 radical (unpaired) electrons. The Morgan fingerprint density at radius 2 is 1.76 bits per heavy atom. The van der Waals surface area contributed by atoms with Crippen molar-refractivity contribution < 1.29 is 9.13 Å². The fraction of sp³-hybridized carbons (Fsp3) is 0.222. The second kappa shape index (κ2) is 7.21. The first-order valence-corrected chi connectivity index (χ1v) is 7.84. The maximum atomic E-state index is 12.9. The Labute approximate surface area is 145 Å². The van der Waals surface area contributed by atoms with Gasteiger partial charge in [0, 0.05) is 14.1 Å². The molecule has 130 valence electrons. The van der Waals surface area contributed by atoms with E-state index in [1.54, 1.807) is 12.1 Å². The van der Waals surface area contributed by atoms with Crippen LogP contribution >= 0.6 is 0 Å². The first kappa shape index (κ1) is 16.8. The van der Waals surface area contributed by atoms with E-state index in [0.717, 1.165) is 16.9 Å². The monoisotopic (exact) mass is 341 g/mol. The van der Waals surface area contributed by atoms with E-state index in [-0.39, 0.29) is 12.0 Å². The first-order valence-electron chi connectivity index (χ1n) is 7.84. The Bertz CT molecular complexity index is 784. The standard InChI is InChI=1S/C18H20FN5O/c1-24(2)18-22-16(21-17(20)23-18)13-5-9-15(10-6-13)25-11-12-3-7-14(19)8-4-12/h3-10,16H,11H2,1-2H3,(H3,20,21,22,23). The van der Waals surface area contributed by atoms with Crippen molar-refractivity contribution in [2.24, 2.45) is 15.7 Å². The lowest BCUT2D eigenvalue weighted by Gasteiger charge is -2.23. The molecule has 1 atom stereocenters. The molecule has 1 aliphatic heterocycles. The molecule has 0 saturated carbocycles. The molecular formula is C18H20FN5O. The van der Waals surface area contributed by atoms with Crippen molar-refractivity contribution in [1.82, 2.24) is 10.2 Å². The molecule has 2 aromatic carbocycles. The second-order valence-corrected chi connectivity index (χ2v) is 5.84. The van der Waals surface area contributed by atoms with Crippen LogP contribution in [0.25, 0.3) is 0 Å². The zero-order chi connectivity index (χ0) is 17.8. The quantitative estimate of drug-likeness (QED) is 0.894. The van der Waals surface area contributed by atoms with Crippen LogP contribution in [0.4, 0.5) is 4.39 Å². The van der Waals surface area contributed by atoms with Gasteiger partial charge in [-0.3, -0.25) is 5.32 Å². The molecule has 0 bridgehead atoms. The molecule has 1 unspecified atom stereocenters. The van der Waals surface area contributed by atoms with E-state index in [2.05, 4.69) is 15.3 Å². The summed E-state index contributed by atoms with van der Waals surface area (Å²) < 4.78 is 18.6. The lowest BCUT2D eigenvalue weighted by atomic mass is 10.1. The number of benzene rings is 2. The van der Waals surface area contributed by atoms with E-state index in [1.165, 1.54) is 12.1 Å². The Hall–Kier alpha value is -3.09. The molecule has 0 fully saturated rings. The molecule has 3 rings (SSSR count). The molecule has 0 spiro atoms. The Balaban J connectivity index is 1.67. The van der Waals surface area contributed by atoms with Gasteiger partial charge in [0.2, 0.25) is 5.96 Å². The minimum Gasteiger partial charge on any atom is -0.489 e. The number of ether oxygens (including phenoxy) is 1. The summed E-state index contributed by atoms with van der Waals surface area (Å²) in [4.78, 5) is 10.7. The van der Waals surface area contributed by atoms with Crippen LogP contribution in [0.2, 0.25) is 0 Å². The van der Waals surface area contributed by atoms with Crippen LogP contribution in [0.1, 0.15) is 17.3 Å². The summed E-state index contributed by atoms with van der Waals surface area (Å²) >= 11 is 0. The van der Waals surface area contributed by atoms with Crippen molar-refractivity contribution in [2.75, 3.05) is 14.1 Å². The number of nitrogens with one attached hydrogen (secondary N) is 1. The molecule has 0 saturated heterocycles. The van der Waals surface area contributed by atoms with Crippen molar-refractivity contribution in [3.8, 4) is 5.75 Å². The maximum Gasteiger partial charge on any atom is 0.202 e. The van der Waals surface area contributed by atoms with Crippen LogP contribution < -0.4 is 15.8 Å². The first-order chi connectivity index (χ1) is 12.0. The van der Waals surface area contributed by atoms with E-state index in [4.69, 9.17) is 10.5 Å². The second-order valence-electron chi connectivity index (χ2n) is 5.84. The smallest absolute Gasteiger partial charge is 0.202 e. The highest BCUT2D eigenvalue weighted by atomic mass is 19.1. The highest BCUT2D eigenvalue weighted by molar-refractivity contribution is 5.99. The fourth-order valence-electron chi connectivity index (χ4n) is 2.32. The van der Waals surface area contributed by atoms with Gasteiger partial charge in [-0.1, -0.05) is 24.3 Å². The highest BCUT2D eigenvalue weighted by Crippen LogP contribution is 2.24. The van der Waals surface area contributed by atoms with Gasteiger partial charge in [-0.05, 0) is 35.4 Å². The summed E-state index contributed by atoms with van der Waals surface area (Å²) in [6.45, 7) is 0.376. The third kappa shape index (κ3) is 4.26. The summed E-state index contributed by atoms with van der Waals surface area (Å²) in [6, 6.07) is 13.8. The molecule has 0 aromatic heterocycles. The Morgan fingerprint density at radius 1 is 1.08 bits per heavy atom. The SMILES string of the molecule is CN(C)C1=NC(c2ccc(OCc3ccc(F)cc3)cc2)N=C(N)N1. The lowest BCUT2D eigenvalue weighted by molar-refractivity contribution is 0.306. The van der Waals surface area contributed by atoms with Gasteiger partial charge in [0.1, 0.15) is 18.2 Å². The number of rotatable bonds is 4. The lowest BCUT2D eigenvalue weighted by Crippen LogP contribution is -2.46. The number of guanidine groups is 2. The van der Waals surface area contributed by atoms with E-state index in [0.29, 0.717) is 18.5 Å². The molecule has 0 amide bonds. The molecule has 25 heavy (non-hydrogen) atoms. The third-order valence-electron chi connectivity index (χ3n) is 3.67. The molecule has 7 heteroatoms. The van der Waals surface area contributed by atoms with Gasteiger partial charge >= 0.3 is 0 Å². The predicted octanol–water partition coefficient (Wildman–Crippen LogP) is 2.24. The molecule has 1 aliphatic rings. The number of hydrogen-bond donors (Lipinski definition) is 2. The predicted molar refractivity (Wildman–Crippen MR) is 95.8 cm³/mol. The fourth-order valence-corrected chi connectivity index (χ4v) is 2.32. The average Bonchev–Trinajstić information content (AvgIpc) is 2.61. The summed E-state index contributed by atoms with van der Waals surface area (Å²) in [5.41, 5.74) is 7.64. The van der Waals surface area contributed by atoms with E-state index in [1.807, 2.05) is 43.3 Å². The van der Waals surface area contributed by atoms with Crippen molar-refractivity contribution >= 4 is 11.9 Å². The minimum atomic E-state index is -0.384. The number of halogens is 1. The summed E-state index contributed by atoms with van der Waals surface area (Å²) in [5, 5.41) is 2.92. The van der Waals surface area contributed by atoms with Gasteiger partial charge in [0.05, 0.1) is 0 Å². The average molecular weight is 341 g/mol. The summed E-state index contributed by atoms with van der Waals surface area (Å²) in [7, 11) is 3.77. The maximum absolute atomic E-state index is 12.9. The highest BCUT2D eigenvalue weighted by Gasteiger charge is 2.17. The van der Waals surface area contributed by atoms with E-state index < -0.39 is 0 Å². The van der Waals surface area contributed by atoms with Gasteiger partial charge in [0.25, 0.3) is 0 Å². The van der Waals surface area contributed by atoms with Crippen LogP contribution in [-0.4, -0.2) is 30.9 Å². The molecule has 1 heterocycles. The largest absolute Gasteiger partial charge is 0.489 e. The van der Waals surface area contributed by atoms with Crippen molar-refractivity contribution in [1.29, 1.82) is 0 Å². The van der Waals surface area contributed by atoms with Crippen LogP contribution in [0, 0.1) is 5.82 Å². The van der Waals surface area contributed by atoms with Gasteiger partial charge in [0.15, 0.2) is 12.1 Å². The topological polar surface area (TPSA) is 75.2 Å². The van der Waals surface area contributed by atoms with Crippen molar-refractivity contribution in [3.63, 3.8) is 0 Å². The van der Waals surface area contributed by atoms with Gasteiger partial charge in [-0.2, -0.15) is 0 Å². The molecule has 3 N–H and O–H groups in total. The van der Waals surface area contributed by atoms with Crippen LogP contribution in [-0.2, 0) is 6.61 Å². The van der Waals surface area contributed by atoms with E-state index in [9.17, 15) is 4.39 Å².